The highest BCUT2D eigenvalue weighted by Gasteiger charge is 2.36. The Labute approximate surface area is 124 Å². The summed E-state index contributed by atoms with van der Waals surface area (Å²) >= 11 is 0. The van der Waals surface area contributed by atoms with Gasteiger partial charge in [-0.15, -0.1) is 0 Å². The Balaban J connectivity index is 1.84. The van der Waals surface area contributed by atoms with Crippen LogP contribution in [0.25, 0.3) is 0 Å². The Morgan fingerprint density at radius 3 is 2.52 bits per heavy atom. The fourth-order valence-corrected chi connectivity index (χ4v) is 4.54. The minimum Gasteiger partial charge on any atom is -0.398 e. The molecule has 3 aliphatic rings. The first-order valence-electron chi connectivity index (χ1n) is 7.17. The predicted molar refractivity (Wildman–Crippen MR) is 78.8 cm³/mol. The van der Waals surface area contributed by atoms with Gasteiger partial charge in [-0.25, -0.2) is 17.5 Å². The Morgan fingerprint density at radius 2 is 2.00 bits per heavy atom. The molecule has 1 unspecified atom stereocenters. The molecule has 0 aromatic heterocycles. The van der Waals surface area contributed by atoms with Crippen LogP contribution in [0, 0.1) is 18.7 Å². The quantitative estimate of drug-likeness (QED) is 0.819. The van der Waals surface area contributed by atoms with Crippen LogP contribution in [0.5, 0.6) is 0 Å². The monoisotopic (exact) mass is 313 g/mol. The van der Waals surface area contributed by atoms with Crippen LogP contribution >= 0.6 is 0 Å². The number of rotatable bonds is 3. The van der Waals surface area contributed by atoms with E-state index in [1.807, 2.05) is 0 Å². The Bertz CT molecular complexity index is 631. The number of nitrogens with zero attached hydrogens (tertiary/aromatic N) is 1. The van der Waals surface area contributed by atoms with Gasteiger partial charge in [-0.1, -0.05) is 0 Å². The van der Waals surface area contributed by atoms with E-state index in [4.69, 9.17) is 5.73 Å². The van der Waals surface area contributed by atoms with Crippen molar-refractivity contribution < 1.29 is 12.8 Å². The van der Waals surface area contributed by atoms with Gasteiger partial charge in [0, 0.05) is 23.8 Å². The van der Waals surface area contributed by atoms with Crippen molar-refractivity contribution in [2.24, 2.45) is 5.92 Å². The van der Waals surface area contributed by atoms with E-state index in [9.17, 15) is 12.8 Å². The van der Waals surface area contributed by atoms with Crippen molar-refractivity contribution in [1.29, 1.82) is 0 Å². The molecule has 0 saturated carbocycles. The molecular weight excluding hydrogens is 293 g/mol. The van der Waals surface area contributed by atoms with Gasteiger partial charge in [0.25, 0.3) is 0 Å². The van der Waals surface area contributed by atoms with Crippen molar-refractivity contribution in [3.63, 3.8) is 0 Å². The zero-order valence-electron chi connectivity index (χ0n) is 12.0. The third kappa shape index (κ3) is 2.77. The van der Waals surface area contributed by atoms with E-state index in [1.165, 1.54) is 13.0 Å². The number of halogens is 1. The average molecular weight is 313 g/mol. The van der Waals surface area contributed by atoms with Gasteiger partial charge in [-0.3, -0.25) is 0 Å². The van der Waals surface area contributed by atoms with Crippen LogP contribution in [-0.4, -0.2) is 39.0 Å². The van der Waals surface area contributed by atoms with Crippen molar-refractivity contribution in [3.8, 4) is 0 Å². The van der Waals surface area contributed by atoms with E-state index < -0.39 is 15.8 Å². The average Bonchev–Trinajstić information content (AvgIpc) is 2.45. The third-order valence-corrected chi connectivity index (χ3v) is 6.10. The van der Waals surface area contributed by atoms with Crippen LogP contribution < -0.4 is 10.5 Å². The topological polar surface area (TPSA) is 75.4 Å². The lowest BCUT2D eigenvalue weighted by atomic mass is 9.85. The van der Waals surface area contributed by atoms with E-state index in [-0.39, 0.29) is 22.2 Å². The first kappa shape index (κ1) is 14.7. The lowest BCUT2D eigenvalue weighted by molar-refractivity contribution is 0.0827. The van der Waals surface area contributed by atoms with Crippen molar-refractivity contribution in [2.75, 3.05) is 25.4 Å². The number of sulfonamides is 1. The first-order chi connectivity index (χ1) is 9.87. The number of hydrogen-bond acceptors (Lipinski definition) is 4. The molecule has 1 atom stereocenters. The fourth-order valence-electron chi connectivity index (χ4n) is 3.20. The minimum absolute atomic E-state index is 0.0944. The molecule has 116 valence electrons. The number of benzene rings is 1. The number of nitrogens with two attached hydrogens (primary N) is 1. The molecule has 4 rings (SSSR count). The second-order valence-electron chi connectivity index (χ2n) is 5.99. The number of hydrogen-bond donors (Lipinski definition) is 2. The summed E-state index contributed by atoms with van der Waals surface area (Å²) in [6.07, 6.45) is 2.02. The zero-order chi connectivity index (χ0) is 15.2. The first-order valence-corrected chi connectivity index (χ1v) is 8.65. The highest BCUT2D eigenvalue weighted by atomic mass is 32.2. The smallest absolute Gasteiger partial charge is 0.241 e. The van der Waals surface area contributed by atoms with Crippen LogP contribution in [0.4, 0.5) is 10.1 Å². The van der Waals surface area contributed by atoms with Gasteiger partial charge in [0.1, 0.15) is 5.82 Å². The molecule has 1 aromatic rings. The summed E-state index contributed by atoms with van der Waals surface area (Å²) in [6, 6.07) is 2.26. The number of nitrogens with one attached hydrogen (secondary N) is 1. The molecule has 1 aromatic carbocycles. The minimum atomic E-state index is -3.74. The molecule has 3 saturated heterocycles. The lowest BCUT2D eigenvalue weighted by Gasteiger charge is -2.44. The van der Waals surface area contributed by atoms with E-state index >= 15 is 0 Å². The van der Waals surface area contributed by atoms with Crippen LogP contribution in [0.1, 0.15) is 18.4 Å². The second kappa shape index (κ2) is 5.23. The molecule has 7 heteroatoms. The standard InChI is InChI=1S/C14H20FN3O2S/c1-9-12(15)6-11(7-13(9)16)21(19,20)17-14-8-18-4-2-10(14)3-5-18/h6-7,10,14,17H,2-5,8,16H2,1H3. The van der Waals surface area contributed by atoms with Crippen molar-refractivity contribution in [3.05, 3.63) is 23.5 Å². The molecule has 3 fully saturated rings. The molecule has 0 radical (unpaired) electrons. The maximum Gasteiger partial charge on any atom is 0.241 e. The molecule has 0 aliphatic carbocycles. The van der Waals surface area contributed by atoms with Gasteiger partial charge in [-0.05, 0) is 50.9 Å². The SMILES string of the molecule is Cc1c(N)cc(S(=O)(=O)NC2CN3CCC2CC3)cc1F. The Kier molecular flexibility index (Phi) is 3.67. The fraction of sp³-hybridized carbons (Fsp3) is 0.571. The molecule has 3 heterocycles. The van der Waals surface area contributed by atoms with Crippen LogP contribution in [0.2, 0.25) is 0 Å². The summed E-state index contributed by atoms with van der Waals surface area (Å²) < 4.78 is 41.3. The van der Waals surface area contributed by atoms with Gasteiger partial charge in [0.2, 0.25) is 10.0 Å². The number of anilines is 1. The normalized spacial score (nSPS) is 28.8. The number of fused-ring (bicyclic) bond motifs is 3. The number of piperidine rings is 3. The second-order valence-corrected chi connectivity index (χ2v) is 7.70. The van der Waals surface area contributed by atoms with Crippen molar-refractivity contribution >= 4 is 15.7 Å². The summed E-state index contributed by atoms with van der Waals surface area (Å²) in [5, 5.41) is 0. The Hall–Kier alpha value is -1.18. The molecule has 0 spiro atoms. The third-order valence-electron chi connectivity index (χ3n) is 4.63. The summed E-state index contributed by atoms with van der Waals surface area (Å²) in [7, 11) is -3.74. The molecule has 2 bridgehead atoms. The molecule has 21 heavy (non-hydrogen) atoms. The van der Waals surface area contributed by atoms with E-state index in [2.05, 4.69) is 9.62 Å². The predicted octanol–water partition coefficient (Wildman–Crippen LogP) is 1.09. The van der Waals surface area contributed by atoms with Crippen LogP contribution in [-0.2, 0) is 10.0 Å². The van der Waals surface area contributed by atoms with Crippen LogP contribution in [0.3, 0.4) is 0 Å². The maximum atomic E-state index is 13.7. The van der Waals surface area contributed by atoms with Crippen molar-refractivity contribution in [1.82, 2.24) is 9.62 Å². The van der Waals surface area contributed by atoms with Gasteiger partial charge in [0.05, 0.1) is 4.90 Å². The van der Waals surface area contributed by atoms with E-state index in [1.54, 1.807) is 0 Å². The summed E-state index contributed by atoms with van der Waals surface area (Å²) in [4.78, 5) is 2.16. The summed E-state index contributed by atoms with van der Waals surface area (Å²) in [5.41, 5.74) is 6.10. The zero-order valence-corrected chi connectivity index (χ0v) is 12.8. The van der Waals surface area contributed by atoms with E-state index in [0.29, 0.717) is 5.92 Å². The summed E-state index contributed by atoms with van der Waals surface area (Å²) in [5.74, 6) is -0.221. The van der Waals surface area contributed by atoms with Crippen LogP contribution in [0.15, 0.2) is 17.0 Å². The van der Waals surface area contributed by atoms with Gasteiger partial charge < -0.3 is 10.6 Å². The summed E-state index contributed by atoms with van der Waals surface area (Å²) in [6.45, 7) is 4.33. The highest BCUT2D eigenvalue weighted by molar-refractivity contribution is 7.89. The molecule has 0 amide bonds. The van der Waals surface area contributed by atoms with Gasteiger partial charge in [0.15, 0.2) is 0 Å². The molecule has 5 nitrogen and oxygen atoms in total. The van der Waals surface area contributed by atoms with Gasteiger partial charge >= 0.3 is 0 Å². The van der Waals surface area contributed by atoms with E-state index in [0.717, 1.165) is 38.5 Å². The number of nitrogen functional groups attached to an aromatic ring is 1. The molecule has 3 N–H and O–H groups in total. The molecule has 3 aliphatic heterocycles. The van der Waals surface area contributed by atoms with Crippen molar-refractivity contribution in [2.45, 2.75) is 30.7 Å². The lowest BCUT2D eigenvalue weighted by Crippen LogP contribution is -2.57. The van der Waals surface area contributed by atoms with Gasteiger partial charge in [-0.2, -0.15) is 0 Å². The maximum absolute atomic E-state index is 13.7. The Morgan fingerprint density at radius 1 is 1.33 bits per heavy atom. The molecular formula is C14H20FN3O2S. The largest absolute Gasteiger partial charge is 0.398 e. The highest BCUT2D eigenvalue weighted by Crippen LogP contribution is 2.29.